The average Bonchev–Trinajstić information content (AvgIpc) is 2.78. The zero-order valence-electron chi connectivity index (χ0n) is 17.7. The van der Waals surface area contributed by atoms with Gasteiger partial charge < -0.3 is 10.1 Å². The number of aryl methyl sites for hydroxylation is 1. The van der Waals surface area contributed by atoms with Gasteiger partial charge in [-0.05, 0) is 44.0 Å². The van der Waals surface area contributed by atoms with Crippen LogP contribution >= 0.6 is 0 Å². The average molecular weight is 446 g/mol. The molecule has 1 aromatic heterocycles. The summed E-state index contributed by atoms with van der Waals surface area (Å²) in [5, 5.41) is 2.55. The smallest absolute Gasteiger partial charge is 0.340 e. The first-order chi connectivity index (χ1) is 14.8. The molecule has 8 nitrogen and oxygen atoms in total. The molecule has 0 aliphatic heterocycles. The van der Waals surface area contributed by atoms with Crippen LogP contribution in [0.4, 0.5) is 5.69 Å². The summed E-state index contributed by atoms with van der Waals surface area (Å²) in [6.45, 7) is 1.25. The van der Waals surface area contributed by atoms with Crippen LogP contribution in [0.15, 0.2) is 47.5 Å². The van der Waals surface area contributed by atoms with E-state index in [4.69, 9.17) is 4.74 Å². The van der Waals surface area contributed by atoms with Gasteiger partial charge >= 0.3 is 5.97 Å². The summed E-state index contributed by atoms with van der Waals surface area (Å²) in [6.07, 6.45) is 6.16. The molecule has 3 rings (SSSR count). The number of sulfonamides is 1. The van der Waals surface area contributed by atoms with Gasteiger partial charge in [-0.2, -0.15) is 4.31 Å². The van der Waals surface area contributed by atoms with Gasteiger partial charge in [-0.3, -0.25) is 9.78 Å². The second-order valence-corrected chi connectivity index (χ2v) is 9.59. The summed E-state index contributed by atoms with van der Waals surface area (Å²) in [5.41, 5.74) is 1.14. The van der Waals surface area contributed by atoms with Crippen LogP contribution in [0.2, 0.25) is 0 Å². The molecule has 1 heterocycles. The molecule has 0 spiro atoms. The SMILES string of the molecule is Cc1ccc(C(=O)OCC(=O)Nc2ccccc2S(=O)(=O)N(C)C2CCCCC2)cn1. The highest BCUT2D eigenvalue weighted by Crippen LogP contribution is 2.29. The van der Waals surface area contributed by atoms with E-state index in [1.165, 1.54) is 22.6 Å². The lowest BCUT2D eigenvalue weighted by atomic mass is 9.96. The van der Waals surface area contributed by atoms with Gasteiger partial charge in [0, 0.05) is 25.0 Å². The number of anilines is 1. The quantitative estimate of drug-likeness (QED) is 0.657. The summed E-state index contributed by atoms with van der Waals surface area (Å²) in [4.78, 5) is 28.4. The van der Waals surface area contributed by atoms with Gasteiger partial charge in [-0.15, -0.1) is 0 Å². The van der Waals surface area contributed by atoms with Gasteiger partial charge in [0.1, 0.15) is 4.90 Å². The number of aromatic nitrogens is 1. The zero-order chi connectivity index (χ0) is 22.4. The maximum absolute atomic E-state index is 13.2. The fourth-order valence-electron chi connectivity index (χ4n) is 3.58. The Balaban J connectivity index is 1.67. The van der Waals surface area contributed by atoms with E-state index in [0.717, 1.165) is 37.8 Å². The van der Waals surface area contributed by atoms with Crippen LogP contribution < -0.4 is 5.32 Å². The fraction of sp³-hybridized carbons (Fsp3) is 0.409. The lowest BCUT2D eigenvalue weighted by molar-refractivity contribution is -0.119. The number of benzene rings is 1. The van der Waals surface area contributed by atoms with Gasteiger partial charge in [-0.1, -0.05) is 31.4 Å². The normalized spacial score (nSPS) is 14.9. The van der Waals surface area contributed by atoms with Crippen molar-refractivity contribution in [2.24, 2.45) is 0 Å². The molecule has 0 bridgehead atoms. The lowest BCUT2D eigenvalue weighted by Crippen LogP contribution is -2.38. The number of rotatable bonds is 7. The molecular formula is C22H27N3O5S. The van der Waals surface area contributed by atoms with Crippen LogP contribution in [0, 0.1) is 6.92 Å². The molecule has 166 valence electrons. The van der Waals surface area contributed by atoms with Crippen molar-refractivity contribution in [1.82, 2.24) is 9.29 Å². The number of nitrogens with zero attached hydrogens (tertiary/aromatic N) is 2. The number of hydrogen-bond donors (Lipinski definition) is 1. The third-order valence-electron chi connectivity index (χ3n) is 5.39. The van der Waals surface area contributed by atoms with Gasteiger partial charge in [0.25, 0.3) is 5.91 Å². The largest absolute Gasteiger partial charge is 0.452 e. The van der Waals surface area contributed by atoms with Gasteiger partial charge in [0.05, 0.1) is 11.3 Å². The maximum atomic E-state index is 13.2. The topological polar surface area (TPSA) is 106 Å². The number of nitrogens with one attached hydrogen (secondary N) is 1. The molecule has 1 aromatic carbocycles. The van der Waals surface area contributed by atoms with Crippen molar-refractivity contribution in [3.05, 3.63) is 53.9 Å². The Morgan fingerprint density at radius 2 is 1.84 bits per heavy atom. The summed E-state index contributed by atoms with van der Waals surface area (Å²) < 4.78 is 32.8. The lowest BCUT2D eigenvalue weighted by Gasteiger charge is -2.30. The molecule has 1 saturated carbocycles. The predicted octanol–water partition coefficient (Wildman–Crippen LogP) is 3.14. The Morgan fingerprint density at radius 1 is 1.13 bits per heavy atom. The van der Waals surface area contributed by atoms with Gasteiger partial charge in [-0.25, -0.2) is 13.2 Å². The minimum Gasteiger partial charge on any atom is -0.452 e. The summed E-state index contributed by atoms with van der Waals surface area (Å²) in [6, 6.07) is 9.42. The van der Waals surface area contributed by atoms with E-state index in [-0.39, 0.29) is 22.2 Å². The summed E-state index contributed by atoms with van der Waals surface area (Å²) in [5.74, 6) is -1.31. The molecule has 1 aliphatic carbocycles. The Morgan fingerprint density at radius 3 is 2.52 bits per heavy atom. The highest BCUT2D eigenvalue weighted by atomic mass is 32.2. The van der Waals surface area contributed by atoms with Crippen molar-refractivity contribution in [1.29, 1.82) is 0 Å². The van der Waals surface area contributed by atoms with Crippen LogP contribution in [0.1, 0.15) is 48.2 Å². The fourth-order valence-corrected chi connectivity index (χ4v) is 5.14. The van der Waals surface area contributed by atoms with Crippen molar-refractivity contribution in [3.63, 3.8) is 0 Å². The number of ether oxygens (including phenoxy) is 1. The maximum Gasteiger partial charge on any atom is 0.340 e. The van der Waals surface area contributed by atoms with E-state index in [2.05, 4.69) is 10.3 Å². The van der Waals surface area contributed by atoms with E-state index in [0.29, 0.717) is 0 Å². The minimum absolute atomic E-state index is 0.0190. The van der Waals surface area contributed by atoms with Crippen LogP contribution in [0.25, 0.3) is 0 Å². The predicted molar refractivity (Wildman–Crippen MR) is 116 cm³/mol. The monoisotopic (exact) mass is 445 g/mol. The van der Waals surface area contributed by atoms with E-state index < -0.39 is 28.5 Å². The molecule has 0 radical (unpaired) electrons. The summed E-state index contributed by atoms with van der Waals surface area (Å²) in [7, 11) is -2.21. The molecule has 0 unspecified atom stereocenters. The van der Waals surface area contributed by atoms with E-state index >= 15 is 0 Å². The zero-order valence-corrected chi connectivity index (χ0v) is 18.5. The number of esters is 1. The third kappa shape index (κ3) is 5.68. The first-order valence-electron chi connectivity index (χ1n) is 10.3. The number of amides is 1. The van der Waals surface area contributed by atoms with Gasteiger partial charge in [0.15, 0.2) is 6.61 Å². The molecule has 1 amide bonds. The second kappa shape index (κ2) is 10.0. The molecular weight excluding hydrogens is 418 g/mol. The van der Waals surface area contributed by atoms with E-state index in [1.54, 1.807) is 38.2 Å². The Labute approximate surface area is 182 Å². The van der Waals surface area contributed by atoms with Crippen molar-refractivity contribution < 1.29 is 22.7 Å². The number of carbonyl (C=O) groups excluding carboxylic acids is 2. The molecule has 9 heteroatoms. The van der Waals surface area contributed by atoms with E-state index in [9.17, 15) is 18.0 Å². The number of hydrogen-bond acceptors (Lipinski definition) is 6. The van der Waals surface area contributed by atoms with Crippen molar-refractivity contribution in [2.45, 2.75) is 50.0 Å². The minimum atomic E-state index is -3.79. The Bertz CT molecular complexity index is 1030. The van der Waals surface area contributed by atoms with Gasteiger partial charge in [0.2, 0.25) is 10.0 Å². The van der Waals surface area contributed by atoms with Crippen LogP contribution in [-0.4, -0.2) is 49.3 Å². The van der Waals surface area contributed by atoms with Crippen molar-refractivity contribution in [3.8, 4) is 0 Å². The molecule has 31 heavy (non-hydrogen) atoms. The molecule has 0 atom stereocenters. The van der Waals surface area contributed by atoms with Crippen molar-refractivity contribution >= 4 is 27.6 Å². The molecule has 2 aromatic rings. The third-order valence-corrected chi connectivity index (χ3v) is 7.36. The van der Waals surface area contributed by atoms with Crippen LogP contribution in [-0.2, 0) is 19.6 Å². The molecule has 0 saturated heterocycles. The highest BCUT2D eigenvalue weighted by Gasteiger charge is 2.31. The first kappa shape index (κ1) is 22.9. The number of para-hydroxylation sites is 1. The molecule has 1 aliphatic rings. The first-order valence-corrected chi connectivity index (χ1v) is 11.7. The highest BCUT2D eigenvalue weighted by molar-refractivity contribution is 7.89. The molecule has 1 fully saturated rings. The van der Waals surface area contributed by atoms with Crippen LogP contribution in [0.5, 0.6) is 0 Å². The Kier molecular flexibility index (Phi) is 7.40. The van der Waals surface area contributed by atoms with E-state index in [1.807, 2.05) is 0 Å². The number of pyridine rings is 1. The summed E-state index contributed by atoms with van der Waals surface area (Å²) >= 11 is 0. The van der Waals surface area contributed by atoms with Crippen LogP contribution in [0.3, 0.4) is 0 Å². The van der Waals surface area contributed by atoms with Crippen molar-refractivity contribution in [2.75, 3.05) is 19.0 Å². The number of carbonyl (C=O) groups is 2. The Hall–Kier alpha value is -2.78. The standard InChI is InChI=1S/C22H27N3O5S/c1-16-12-13-17(14-23-16)22(27)30-15-21(26)24-19-10-6-7-11-20(19)31(28,29)25(2)18-8-4-3-5-9-18/h6-7,10-14,18H,3-5,8-9,15H2,1-2H3,(H,24,26). The molecule has 1 N–H and O–H groups in total. The second-order valence-electron chi connectivity index (χ2n) is 7.62.